The van der Waals surface area contributed by atoms with E-state index < -0.39 is 0 Å². The summed E-state index contributed by atoms with van der Waals surface area (Å²) in [7, 11) is 0. The maximum Gasteiger partial charge on any atom is 0.270 e. The Morgan fingerprint density at radius 1 is 1.08 bits per heavy atom. The molecule has 5 heteroatoms. The molecule has 5 nitrogen and oxygen atoms in total. The molecule has 0 bridgehead atoms. The van der Waals surface area contributed by atoms with Gasteiger partial charge in [0.1, 0.15) is 5.69 Å². The zero-order chi connectivity index (χ0) is 17.7. The average molecular weight is 326 g/mol. The van der Waals surface area contributed by atoms with Crippen molar-refractivity contribution in [3.63, 3.8) is 0 Å². The third-order valence-electron chi connectivity index (χ3n) is 3.86. The van der Waals surface area contributed by atoms with Crippen molar-refractivity contribution in [3.05, 3.63) is 46.8 Å². The first kappa shape index (κ1) is 17.9. The van der Waals surface area contributed by atoms with E-state index in [2.05, 4.69) is 48.3 Å². The molecule has 1 aromatic heterocycles. The van der Waals surface area contributed by atoms with Gasteiger partial charge in [-0.3, -0.25) is 4.79 Å². The third-order valence-corrected chi connectivity index (χ3v) is 3.86. The number of rotatable bonds is 6. The maximum absolute atomic E-state index is 12.3. The van der Waals surface area contributed by atoms with E-state index in [9.17, 15) is 4.79 Å². The van der Waals surface area contributed by atoms with Crippen LogP contribution >= 0.6 is 0 Å². The number of aromatic nitrogens is 2. The first-order valence-corrected chi connectivity index (χ1v) is 8.33. The predicted octanol–water partition coefficient (Wildman–Crippen LogP) is 3.92. The molecule has 2 N–H and O–H groups in total. The summed E-state index contributed by atoms with van der Waals surface area (Å²) in [6, 6.07) is 7.78. The average Bonchev–Trinajstić information content (AvgIpc) is 2.50. The van der Waals surface area contributed by atoms with E-state index in [0.717, 1.165) is 17.8 Å². The summed E-state index contributed by atoms with van der Waals surface area (Å²) in [5.41, 5.74) is 4.48. The van der Waals surface area contributed by atoms with Gasteiger partial charge >= 0.3 is 0 Å². The van der Waals surface area contributed by atoms with Crippen LogP contribution in [0, 0.1) is 26.7 Å². The highest BCUT2D eigenvalue weighted by atomic mass is 16.1. The van der Waals surface area contributed by atoms with E-state index in [1.165, 1.54) is 11.1 Å². The van der Waals surface area contributed by atoms with E-state index in [1.54, 1.807) is 6.07 Å². The Bertz CT molecular complexity index is 725. The number of carbonyl (C=O) groups excluding carboxylic acids is 1. The second kappa shape index (κ2) is 7.90. The predicted molar refractivity (Wildman–Crippen MR) is 97.8 cm³/mol. The van der Waals surface area contributed by atoms with Gasteiger partial charge in [-0.2, -0.15) is 0 Å². The van der Waals surface area contributed by atoms with Crippen molar-refractivity contribution >= 4 is 17.5 Å². The highest BCUT2D eigenvalue weighted by Gasteiger charge is 2.11. The van der Waals surface area contributed by atoms with Gasteiger partial charge in [-0.05, 0) is 62.4 Å². The van der Waals surface area contributed by atoms with Gasteiger partial charge in [0.2, 0.25) is 5.95 Å². The number of nitrogens with one attached hydrogen (secondary N) is 2. The van der Waals surface area contributed by atoms with Gasteiger partial charge in [0.15, 0.2) is 0 Å². The topological polar surface area (TPSA) is 66.9 Å². The van der Waals surface area contributed by atoms with Crippen LogP contribution in [0.5, 0.6) is 0 Å². The molecule has 0 aliphatic rings. The number of hydrogen-bond donors (Lipinski definition) is 2. The third kappa shape index (κ3) is 5.05. The highest BCUT2D eigenvalue weighted by Crippen LogP contribution is 2.18. The van der Waals surface area contributed by atoms with E-state index in [0.29, 0.717) is 24.1 Å². The minimum Gasteiger partial charge on any atom is -0.351 e. The van der Waals surface area contributed by atoms with Gasteiger partial charge in [0, 0.05) is 17.9 Å². The molecule has 0 unspecified atom stereocenters. The molecule has 24 heavy (non-hydrogen) atoms. The number of carbonyl (C=O) groups is 1. The number of amides is 1. The van der Waals surface area contributed by atoms with E-state index in [-0.39, 0.29) is 5.91 Å². The molecule has 0 saturated carbocycles. The van der Waals surface area contributed by atoms with Crippen LogP contribution in [0.25, 0.3) is 0 Å². The van der Waals surface area contributed by atoms with Gasteiger partial charge in [0.25, 0.3) is 5.91 Å². The molecule has 1 amide bonds. The van der Waals surface area contributed by atoms with Crippen molar-refractivity contribution < 1.29 is 4.79 Å². The first-order valence-electron chi connectivity index (χ1n) is 8.33. The molecule has 0 aliphatic carbocycles. The second-order valence-corrected chi connectivity index (χ2v) is 6.58. The van der Waals surface area contributed by atoms with Crippen molar-refractivity contribution in [2.45, 2.75) is 41.0 Å². The largest absolute Gasteiger partial charge is 0.351 e. The molecule has 0 fully saturated rings. The quantitative estimate of drug-likeness (QED) is 0.844. The molecule has 0 atom stereocenters. The summed E-state index contributed by atoms with van der Waals surface area (Å²) in [5.74, 6) is 0.830. The lowest BCUT2D eigenvalue weighted by molar-refractivity contribution is 0.0947. The lowest BCUT2D eigenvalue weighted by atomic mass is 10.1. The second-order valence-electron chi connectivity index (χ2n) is 6.58. The molecule has 0 radical (unpaired) electrons. The molecule has 1 aromatic carbocycles. The standard InChI is InChI=1S/C19H26N4O/c1-12(2)8-9-20-18(24)17-11-15(5)21-19(23-17)22-16-7-6-13(3)14(4)10-16/h6-7,10-12H,8-9H2,1-5H3,(H,20,24)(H,21,22,23). The Kier molecular flexibility index (Phi) is 5.90. The van der Waals surface area contributed by atoms with Crippen LogP contribution in [0.15, 0.2) is 24.3 Å². The monoisotopic (exact) mass is 326 g/mol. The molecular weight excluding hydrogens is 300 g/mol. The van der Waals surface area contributed by atoms with Crippen LogP contribution < -0.4 is 10.6 Å². The minimum absolute atomic E-state index is 0.163. The smallest absolute Gasteiger partial charge is 0.270 e. The van der Waals surface area contributed by atoms with Crippen molar-refractivity contribution in [2.75, 3.05) is 11.9 Å². The van der Waals surface area contributed by atoms with Gasteiger partial charge in [-0.15, -0.1) is 0 Å². The number of nitrogens with zero attached hydrogens (tertiary/aromatic N) is 2. The van der Waals surface area contributed by atoms with Crippen LogP contribution in [-0.4, -0.2) is 22.4 Å². The fraction of sp³-hybridized carbons (Fsp3) is 0.421. The van der Waals surface area contributed by atoms with Crippen LogP contribution in [0.1, 0.15) is 47.6 Å². The molecular formula is C19H26N4O. The van der Waals surface area contributed by atoms with Crippen LogP contribution in [0.4, 0.5) is 11.6 Å². The summed E-state index contributed by atoms with van der Waals surface area (Å²) in [4.78, 5) is 21.0. The molecule has 1 heterocycles. The molecule has 0 aliphatic heterocycles. The Balaban J connectivity index is 2.12. The van der Waals surface area contributed by atoms with Gasteiger partial charge in [0.05, 0.1) is 0 Å². The molecule has 0 saturated heterocycles. The minimum atomic E-state index is -0.163. The SMILES string of the molecule is Cc1cc(C(=O)NCCC(C)C)nc(Nc2ccc(C)c(C)c2)n1. The molecule has 128 valence electrons. The molecule has 2 rings (SSSR count). The normalized spacial score (nSPS) is 10.8. The lowest BCUT2D eigenvalue weighted by Gasteiger charge is -2.10. The highest BCUT2D eigenvalue weighted by molar-refractivity contribution is 5.92. The van der Waals surface area contributed by atoms with Gasteiger partial charge in [-0.1, -0.05) is 19.9 Å². The molecule has 0 spiro atoms. The van der Waals surface area contributed by atoms with Gasteiger partial charge in [-0.25, -0.2) is 9.97 Å². The van der Waals surface area contributed by atoms with Crippen molar-refractivity contribution in [1.82, 2.24) is 15.3 Å². The number of anilines is 2. The maximum atomic E-state index is 12.3. The van der Waals surface area contributed by atoms with Crippen molar-refractivity contribution in [1.29, 1.82) is 0 Å². The summed E-state index contributed by atoms with van der Waals surface area (Å²) < 4.78 is 0. The fourth-order valence-corrected chi connectivity index (χ4v) is 2.25. The zero-order valence-electron chi connectivity index (χ0n) is 15.1. The molecule has 2 aromatic rings. The van der Waals surface area contributed by atoms with Crippen LogP contribution in [0.2, 0.25) is 0 Å². The van der Waals surface area contributed by atoms with Crippen LogP contribution in [-0.2, 0) is 0 Å². The summed E-state index contributed by atoms with van der Waals surface area (Å²) in [6.07, 6.45) is 0.948. The first-order chi connectivity index (χ1) is 11.3. The van der Waals surface area contributed by atoms with Crippen molar-refractivity contribution in [3.8, 4) is 0 Å². The summed E-state index contributed by atoms with van der Waals surface area (Å²) in [6.45, 7) is 10.9. The summed E-state index contributed by atoms with van der Waals surface area (Å²) >= 11 is 0. The van der Waals surface area contributed by atoms with Gasteiger partial charge < -0.3 is 10.6 Å². The Labute approximate surface area is 143 Å². The Hall–Kier alpha value is -2.43. The van der Waals surface area contributed by atoms with Crippen molar-refractivity contribution in [2.24, 2.45) is 5.92 Å². The summed E-state index contributed by atoms with van der Waals surface area (Å²) in [5, 5.41) is 6.09. The Morgan fingerprint density at radius 2 is 1.83 bits per heavy atom. The fourth-order valence-electron chi connectivity index (χ4n) is 2.25. The number of benzene rings is 1. The van der Waals surface area contributed by atoms with E-state index >= 15 is 0 Å². The Morgan fingerprint density at radius 3 is 2.50 bits per heavy atom. The zero-order valence-corrected chi connectivity index (χ0v) is 15.1. The number of hydrogen-bond acceptors (Lipinski definition) is 4. The van der Waals surface area contributed by atoms with Crippen LogP contribution in [0.3, 0.4) is 0 Å². The lowest BCUT2D eigenvalue weighted by Crippen LogP contribution is -2.26. The van der Waals surface area contributed by atoms with E-state index in [4.69, 9.17) is 0 Å². The number of aryl methyl sites for hydroxylation is 3. The van der Waals surface area contributed by atoms with E-state index in [1.807, 2.05) is 25.1 Å².